The minimum Gasteiger partial charge on any atom is -0.481 e. The van der Waals surface area contributed by atoms with Gasteiger partial charge in [-0.25, -0.2) is 4.98 Å². The molecule has 0 fully saturated rings. The van der Waals surface area contributed by atoms with Crippen LogP contribution in [-0.4, -0.2) is 23.8 Å². The second-order valence-corrected chi connectivity index (χ2v) is 4.20. The van der Waals surface area contributed by atoms with E-state index in [0.717, 1.165) is 11.3 Å². The lowest BCUT2D eigenvalue weighted by Crippen LogP contribution is -2.24. The van der Waals surface area contributed by atoms with Crippen LogP contribution in [0.25, 0.3) is 0 Å². The molecule has 0 amide bonds. The summed E-state index contributed by atoms with van der Waals surface area (Å²) in [7, 11) is 1.60. The molecule has 0 aliphatic heterocycles. The Kier molecular flexibility index (Phi) is 4.89. The molecular weight excluding hydrogens is 240 g/mol. The Morgan fingerprint density at radius 3 is 2.63 bits per heavy atom. The lowest BCUT2D eigenvalue weighted by Gasteiger charge is -2.16. The molecule has 1 aromatic carbocycles. The monoisotopic (exact) mass is 258 g/mol. The molecule has 0 bridgehead atoms. The minimum absolute atomic E-state index is 0.0496. The van der Waals surface area contributed by atoms with Crippen LogP contribution in [0.3, 0.4) is 0 Å². The maximum atomic E-state index is 9.45. The smallest absolute Gasteiger partial charge is 0.213 e. The van der Waals surface area contributed by atoms with Gasteiger partial charge in [-0.2, -0.15) is 0 Å². The number of nitrogens with one attached hydrogen (secondary N) is 1. The van der Waals surface area contributed by atoms with Crippen molar-refractivity contribution in [3.05, 3.63) is 59.8 Å². The lowest BCUT2D eigenvalue weighted by molar-refractivity contribution is 0.243. The molecule has 0 radical (unpaired) electrons. The highest BCUT2D eigenvalue weighted by atomic mass is 16.5. The summed E-state index contributed by atoms with van der Waals surface area (Å²) < 4.78 is 5.08. The van der Waals surface area contributed by atoms with E-state index in [2.05, 4.69) is 10.3 Å². The van der Waals surface area contributed by atoms with Crippen LogP contribution in [0.5, 0.6) is 5.88 Å². The van der Waals surface area contributed by atoms with E-state index in [-0.39, 0.29) is 12.6 Å². The first-order valence-corrected chi connectivity index (χ1v) is 6.22. The highest BCUT2D eigenvalue weighted by Gasteiger charge is 2.09. The van der Waals surface area contributed by atoms with Gasteiger partial charge in [0.1, 0.15) is 0 Å². The third-order valence-electron chi connectivity index (χ3n) is 2.90. The Morgan fingerprint density at radius 1 is 1.16 bits per heavy atom. The fourth-order valence-corrected chi connectivity index (χ4v) is 1.87. The Labute approximate surface area is 113 Å². The number of methoxy groups -OCH3 is 1. The molecule has 1 aromatic heterocycles. The molecule has 2 N–H and O–H groups in total. The number of hydrogen-bond donors (Lipinski definition) is 2. The molecule has 19 heavy (non-hydrogen) atoms. The number of benzene rings is 1. The van der Waals surface area contributed by atoms with E-state index in [0.29, 0.717) is 12.4 Å². The molecular formula is C15H18N2O2. The molecule has 0 saturated heterocycles. The Morgan fingerprint density at radius 2 is 1.95 bits per heavy atom. The van der Waals surface area contributed by atoms with Gasteiger partial charge >= 0.3 is 0 Å². The zero-order valence-electron chi connectivity index (χ0n) is 10.9. The van der Waals surface area contributed by atoms with Crippen LogP contribution in [0, 0.1) is 0 Å². The lowest BCUT2D eigenvalue weighted by atomic mass is 10.1. The normalized spacial score (nSPS) is 12.1. The molecule has 100 valence electrons. The number of pyridine rings is 1. The molecule has 0 spiro atoms. The summed E-state index contributed by atoms with van der Waals surface area (Å²) in [5.74, 6) is 0.597. The Hall–Kier alpha value is -1.91. The highest BCUT2D eigenvalue weighted by Crippen LogP contribution is 2.13. The third kappa shape index (κ3) is 3.77. The summed E-state index contributed by atoms with van der Waals surface area (Å²) in [6, 6.07) is 15.4. The first-order valence-electron chi connectivity index (χ1n) is 6.22. The molecule has 1 atom stereocenters. The van der Waals surface area contributed by atoms with Crippen LogP contribution < -0.4 is 10.1 Å². The van der Waals surface area contributed by atoms with Crippen LogP contribution in [0.4, 0.5) is 0 Å². The SMILES string of the molecule is COc1cccc(CNC(CO)c2ccccc2)n1. The van der Waals surface area contributed by atoms with E-state index in [9.17, 15) is 5.11 Å². The zero-order valence-corrected chi connectivity index (χ0v) is 10.9. The van der Waals surface area contributed by atoms with Gasteiger partial charge in [-0.1, -0.05) is 36.4 Å². The van der Waals surface area contributed by atoms with Crippen molar-refractivity contribution in [2.75, 3.05) is 13.7 Å². The Balaban J connectivity index is 2.00. The van der Waals surface area contributed by atoms with Crippen LogP contribution in [0.15, 0.2) is 48.5 Å². The molecule has 0 aliphatic rings. The number of rotatable bonds is 6. The largest absolute Gasteiger partial charge is 0.481 e. The summed E-state index contributed by atoms with van der Waals surface area (Å²) in [6.45, 7) is 0.630. The molecule has 4 heteroatoms. The van der Waals surface area contributed by atoms with E-state index in [1.54, 1.807) is 7.11 Å². The van der Waals surface area contributed by atoms with Gasteiger partial charge in [0, 0.05) is 12.6 Å². The topological polar surface area (TPSA) is 54.4 Å². The second-order valence-electron chi connectivity index (χ2n) is 4.20. The van der Waals surface area contributed by atoms with Gasteiger partial charge in [0.05, 0.1) is 25.5 Å². The summed E-state index contributed by atoms with van der Waals surface area (Å²) in [5.41, 5.74) is 1.95. The number of nitrogens with zero attached hydrogens (tertiary/aromatic N) is 1. The molecule has 0 saturated carbocycles. The second kappa shape index (κ2) is 6.87. The number of hydrogen-bond acceptors (Lipinski definition) is 4. The average Bonchev–Trinajstić information content (AvgIpc) is 2.49. The first kappa shape index (κ1) is 13.5. The molecule has 0 aliphatic carbocycles. The van der Waals surface area contributed by atoms with Gasteiger partial charge in [-0.05, 0) is 11.6 Å². The fourth-order valence-electron chi connectivity index (χ4n) is 1.87. The summed E-state index contributed by atoms with van der Waals surface area (Å²) in [4.78, 5) is 4.32. The van der Waals surface area contributed by atoms with Crippen molar-refractivity contribution in [2.45, 2.75) is 12.6 Å². The number of aliphatic hydroxyl groups excluding tert-OH is 1. The molecule has 4 nitrogen and oxygen atoms in total. The van der Waals surface area contributed by atoms with Crippen LogP contribution in [0.1, 0.15) is 17.3 Å². The number of ether oxygens (including phenoxy) is 1. The maximum Gasteiger partial charge on any atom is 0.213 e. The van der Waals surface area contributed by atoms with Crippen LogP contribution >= 0.6 is 0 Å². The third-order valence-corrected chi connectivity index (χ3v) is 2.90. The quantitative estimate of drug-likeness (QED) is 0.831. The summed E-state index contributed by atoms with van der Waals surface area (Å²) in [6.07, 6.45) is 0. The fraction of sp³-hybridized carbons (Fsp3) is 0.267. The first-order chi connectivity index (χ1) is 9.33. The van der Waals surface area contributed by atoms with Gasteiger partial charge in [0.15, 0.2) is 0 Å². The van der Waals surface area contributed by atoms with Crippen molar-refractivity contribution < 1.29 is 9.84 Å². The van der Waals surface area contributed by atoms with Crippen LogP contribution in [0.2, 0.25) is 0 Å². The van der Waals surface area contributed by atoms with Crippen molar-refractivity contribution in [2.24, 2.45) is 0 Å². The predicted octanol–water partition coefficient (Wildman–Crippen LogP) is 1.91. The predicted molar refractivity (Wildman–Crippen MR) is 73.9 cm³/mol. The van der Waals surface area contributed by atoms with Gasteiger partial charge in [-0.15, -0.1) is 0 Å². The van der Waals surface area contributed by atoms with Crippen molar-refractivity contribution in [3.8, 4) is 5.88 Å². The number of aliphatic hydroxyl groups is 1. The molecule has 1 heterocycles. The minimum atomic E-state index is -0.0887. The van der Waals surface area contributed by atoms with E-state index in [4.69, 9.17) is 4.74 Å². The van der Waals surface area contributed by atoms with Crippen LogP contribution in [-0.2, 0) is 6.54 Å². The molecule has 1 unspecified atom stereocenters. The molecule has 2 aromatic rings. The van der Waals surface area contributed by atoms with E-state index >= 15 is 0 Å². The van der Waals surface area contributed by atoms with Gasteiger partial charge in [-0.3, -0.25) is 0 Å². The van der Waals surface area contributed by atoms with Crippen molar-refractivity contribution in [1.82, 2.24) is 10.3 Å². The summed E-state index contributed by atoms with van der Waals surface area (Å²) in [5, 5.41) is 12.7. The number of aromatic nitrogens is 1. The van der Waals surface area contributed by atoms with E-state index < -0.39 is 0 Å². The standard InChI is InChI=1S/C15H18N2O2/c1-19-15-9-5-8-13(17-15)10-16-14(11-18)12-6-3-2-4-7-12/h2-9,14,16,18H,10-11H2,1H3. The van der Waals surface area contributed by atoms with Crippen molar-refractivity contribution in [1.29, 1.82) is 0 Å². The Bertz CT molecular complexity index is 503. The van der Waals surface area contributed by atoms with Gasteiger partial charge < -0.3 is 15.2 Å². The van der Waals surface area contributed by atoms with Gasteiger partial charge in [0.2, 0.25) is 5.88 Å². The van der Waals surface area contributed by atoms with Crippen molar-refractivity contribution >= 4 is 0 Å². The average molecular weight is 258 g/mol. The zero-order chi connectivity index (χ0) is 13.5. The van der Waals surface area contributed by atoms with Gasteiger partial charge in [0.25, 0.3) is 0 Å². The van der Waals surface area contributed by atoms with Crippen molar-refractivity contribution in [3.63, 3.8) is 0 Å². The van der Waals surface area contributed by atoms with E-state index in [1.165, 1.54) is 0 Å². The maximum absolute atomic E-state index is 9.45. The van der Waals surface area contributed by atoms with E-state index in [1.807, 2.05) is 48.5 Å². The highest BCUT2D eigenvalue weighted by molar-refractivity contribution is 5.20. The molecule has 2 rings (SSSR count). The summed E-state index contributed by atoms with van der Waals surface area (Å²) >= 11 is 0.